The Morgan fingerprint density at radius 1 is 1.03 bits per heavy atom. The smallest absolute Gasteiger partial charge is 0.407 e. The minimum absolute atomic E-state index is 0.0209. The number of unbranched alkanes of at least 4 members (excludes halogenated alkanes) is 3. The van der Waals surface area contributed by atoms with Gasteiger partial charge in [-0.3, -0.25) is 9.59 Å². The Morgan fingerprint density at radius 3 is 2.43 bits per heavy atom. The molecule has 5 atom stereocenters. The van der Waals surface area contributed by atoms with Gasteiger partial charge in [0, 0.05) is 46.4 Å². The Bertz CT molecular complexity index is 2030. The Kier molecular flexibility index (Phi) is 14.2. The maximum Gasteiger partial charge on any atom is 0.407 e. The van der Waals surface area contributed by atoms with Crippen LogP contribution in [0.1, 0.15) is 70.8 Å². The van der Waals surface area contributed by atoms with Gasteiger partial charge in [-0.1, -0.05) is 87.9 Å². The zero-order chi connectivity index (χ0) is 42.0. The highest BCUT2D eigenvalue weighted by Gasteiger charge is 2.61. The van der Waals surface area contributed by atoms with Gasteiger partial charge in [0.15, 0.2) is 0 Å². The average Bonchev–Trinajstić information content (AvgIpc) is 3.78. The number of carboxylic acids is 1. The lowest BCUT2D eigenvalue weighted by atomic mass is 9.91. The lowest BCUT2D eigenvalue weighted by molar-refractivity contribution is -0.145. The normalized spacial score (nSPS) is 20.3. The van der Waals surface area contributed by atoms with Gasteiger partial charge < -0.3 is 34.9 Å². The monoisotopic (exact) mass is 792 g/mol. The SMILES string of the molecule is C=CCCCCC[C@H](NC(=O)OCC(C)(C)CC=C)C(=O)N1C[C@H](Oc2cc(-c3ccccc3)nc3cc(OC)c(C=C)cc23)C[C@H]1C(=O)N[C@]1(C(=O)O)C[C@H]1C=C. The first kappa shape index (κ1) is 43.2. The quantitative estimate of drug-likeness (QED) is 0.0722. The summed E-state index contributed by atoms with van der Waals surface area (Å²) in [5.41, 5.74) is 0.915. The van der Waals surface area contributed by atoms with Crippen LogP contribution in [0.15, 0.2) is 93.1 Å². The predicted molar refractivity (Wildman–Crippen MR) is 225 cm³/mol. The zero-order valence-electron chi connectivity index (χ0n) is 33.8. The summed E-state index contributed by atoms with van der Waals surface area (Å²) >= 11 is 0. The van der Waals surface area contributed by atoms with Crippen LogP contribution < -0.4 is 20.1 Å². The number of carboxylic acid groups (broad SMARTS) is 1. The van der Waals surface area contributed by atoms with Gasteiger partial charge in [0.1, 0.15) is 35.2 Å². The number of likely N-dealkylation sites (tertiary alicyclic amines) is 1. The second-order valence-corrected chi connectivity index (χ2v) is 15.8. The molecule has 3 N–H and O–H groups in total. The minimum Gasteiger partial charge on any atom is -0.496 e. The first-order chi connectivity index (χ1) is 27.8. The molecule has 58 heavy (non-hydrogen) atoms. The van der Waals surface area contributed by atoms with E-state index in [9.17, 15) is 24.3 Å². The van der Waals surface area contributed by atoms with E-state index < -0.39 is 53.5 Å². The number of aliphatic carboxylic acids is 1. The first-order valence-corrected chi connectivity index (χ1v) is 19.8. The molecule has 12 heteroatoms. The van der Waals surface area contributed by atoms with Gasteiger partial charge >= 0.3 is 12.1 Å². The molecule has 5 rings (SSSR count). The van der Waals surface area contributed by atoms with Crippen LogP contribution in [0, 0.1) is 11.3 Å². The highest BCUT2D eigenvalue weighted by atomic mass is 16.5. The van der Waals surface area contributed by atoms with Crippen LogP contribution in [-0.2, 0) is 19.1 Å². The minimum atomic E-state index is -1.52. The number of amides is 3. The van der Waals surface area contributed by atoms with Crippen molar-refractivity contribution in [3.05, 3.63) is 98.6 Å². The van der Waals surface area contributed by atoms with Crippen LogP contribution in [-0.4, -0.2) is 82.9 Å². The van der Waals surface area contributed by atoms with Crippen LogP contribution in [0.25, 0.3) is 28.2 Å². The van der Waals surface area contributed by atoms with E-state index in [1.165, 1.54) is 11.0 Å². The fraction of sp³-hybridized carbons (Fsp3) is 0.413. The summed E-state index contributed by atoms with van der Waals surface area (Å²) in [7, 11) is 1.57. The van der Waals surface area contributed by atoms with E-state index in [-0.39, 0.29) is 37.8 Å². The third kappa shape index (κ3) is 10.1. The molecule has 1 aromatic heterocycles. The molecule has 2 aliphatic rings. The number of hydrogen-bond donors (Lipinski definition) is 3. The van der Waals surface area contributed by atoms with Gasteiger partial charge in [-0.2, -0.15) is 0 Å². The summed E-state index contributed by atoms with van der Waals surface area (Å²) in [6.45, 7) is 19.2. The Labute approximate surface area is 341 Å². The Balaban J connectivity index is 1.49. The van der Waals surface area contributed by atoms with Crippen molar-refractivity contribution >= 4 is 40.9 Å². The van der Waals surface area contributed by atoms with E-state index in [4.69, 9.17) is 19.2 Å². The number of ether oxygens (including phenoxy) is 3. The number of carbonyl (C=O) groups excluding carboxylic acids is 3. The molecule has 3 aromatic rings. The van der Waals surface area contributed by atoms with E-state index in [1.54, 1.807) is 19.3 Å². The molecule has 2 fully saturated rings. The number of fused-ring (bicyclic) bond motifs is 1. The molecule has 0 radical (unpaired) electrons. The number of nitrogens with one attached hydrogen (secondary N) is 2. The lowest BCUT2D eigenvalue weighted by Gasteiger charge is -2.30. The number of methoxy groups -OCH3 is 1. The molecule has 1 saturated carbocycles. The van der Waals surface area contributed by atoms with Gasteiger partial charge in [-0.25, -0.2) is 14.6 Å². The fourth-order valence-corrected chi connectivity index (χ4v) is 7.47. The lowest BCUT2D eigenvalue weighted by Crippen LogP contribution is -2.56. The van der Waals surface area contributed by atoms with Crippen LogP contribution in [0.5, 0.6) is 11.5 Å². The van der Waals surface area contributed by atoms with Crippen LogP contribution in [0.3, 0.4) is 0 Å². The van der Waals surface area contributed by atoms with Gasteiger partial charge in [0.25, 0.3) is 0 Å². The van der Waals surface area contributed by atoms with Crippen molar-refractivity contribution in [3.8, 4) is 22.8 Å². The molecular formula is C46H56N4O8. The third-order valence-electron chi connectivity index (χ3n) is 10.9. The molecular weight excluding hydrogens is 737 g/mol. The molecule has 0 bridgehead atoms. The highest BCUT2D eigenvalue weighted by Crippen LogP contribution is 2.45. The van der Waals surface area contributed by atoms with Gasteiger partial charge in [0.05, 0.1) is 31.5 Å². The number of alkyl carbamates (subject to hydrolysis) is 1. The average molecular weight is 793 g/mol. The Hall–Kier alpha value is -5.91. The number of allylic oxidation sites excluding steroid dienone is 2. The fourth-order valence-electron chi connectivity index (χ4n) is 7.47. The molecule has 2 aromatic carbocycles. The predicted octanol–water partition coefficient (Wildman–Crippen LogP) is 7.88. The van der Waals surface area contributed by atoms with Crippen LogP contribution in [0.4, 0.5) is 4.79 Å². The maximum absolute atomic E-state index is 14.7. The van der Waals surface area contributed by atoms with Crippen molar-refractivity contribution in [2.75, 3.05) is 20.3 Å². The summed E-state index contributed by atoms with van der Waals surface area (Å²) < 4.78 is 18.0. The second-order valence-electron chi connectivity index (χ2n) is 15.8. The zero-order valence-corrected chi connectivity index (χ0v) is 33.8. The molecule has 12 nitrogen and oxygen atoms in total. The second kappa shape index (κ2) is 19.0. The third-order valence-corrected chi connectivity index (χ3v) is 10.9. The molecule has 0 unspecified atom stereocenters. The largest absolute Gasteiger partial charge is 0.496 e. The molecule has 1 aliphatic carbocycles. The van der Waals surface area contributed by atoms with Crippen molar-refractivity contribution in [2.24, 2.45) is 11.3 Å². The van der Waals surface area contributed by atoms with Crippen molar-refractivity contribution < 1.29 is 38.5 Å². The van der Waals surface area contributed by atoms with Crippen molar-refractivity contribution in [2.45, 2.75) is 88.9 Å². The molecule has 0 spiro atoms. The Morgan fingerprint density at radius 2 is 1.79 bits per heavy atom. The van der Waals surface area contributed by atoms with Gasteiger partial charge in [-0.15, -0.1) is 19.7 Å². The molecule has 1 aliphatic heterocycles. The summed E-state index contributed by atoms with van der Waals surface area (Å²) in [5, 5.41) is 16.3. The first-order valence-electron chi connectivity index (χ1n) is 19.8. The molecule has 3 amide bonds. The van der Waals surface area contributed by atoms with Crippen molar-refractivity contribution in [1.82, 2.24) is 20.5 Å². The molecule has 2 heterocycles. The van der Waals surface area contributed by atoms with Crippen LogP contribution in [0.2, 0.25) is 0 Å². The number of rotatable bonds is 21. The number of benzene rings is 2. The molecule has 308 valence electrons. The van der Waals surface area contributed by atoms with Crippen molar-refractivity contribution in [1.29, 1.82) is 0 Å². The van der Waals surface area contributed by atoms with Crippen molar-refractivity contribution in [3.63, 3.8) is 0 Å². The number of pyridine rings is 1. The summed E-state index contributed by atoms with van der Waals surface area (Å²) in [4.78, 5) is 60.9. The van der Waals surface area contributed by atoms with Gasteiger partial charge in [-0.05, 0) is 38.2 Å². The highest BCUT2D eigenvalue weighted by molar-refractivity contribution is 5.96. The maximum atomic E-state index is 14.7. The number of hydrogen-bond acceptors (Lipinski definition) is 8. The summed E-state index contributed by atoms with van der Waals surface area (Å²) in [6, 6.07) is 13.0. The van der Waals surface area contributed by atoms with E-state index in [0.29, 0.717) is 40.9 Å². The topological polar surface area (TPSA) is 156 Å². The summed E-state index contributed by atoms with van der Waals surface area (Å²) in [5.74, 6) is -1.73. The van der Waals surface area contributed by atoms with E-state index in [2.05, 4.69) is 36.9 Å². The van der Waals surface area contributed by atoms with Gasteiger partial charge in [0.2, 0.25) is 11.8 Å². The van der Waals surface area contributed by atoms with Crippen LogP contribution >= 0.6 is 0 Å². The van der Waals surface area contributed by atoms with E-state index in [1.807, 2.05) is 68.5 Å². The van der Waals surface area contributed by atoms with E-state index in [0.717, 1.165) is 30.4 Å². The molecule has 1 saturated heterocycles. The number of aromatic nitrogens is 1. The summed E-state index contributed by atoms with van der Waals surface area (Å²) in [6.07, 6.45) is 9.52. The number of carbonyl (C=O) groups is 4. The number of nitrogens with zero attached hydrogens (tertiary/aromatic N) is 2. The standard InChI is InChI=1S/C46H56N4O8/c1-8-12-13-14-18-21-35(48-44(55)57-29-45(5,6)22-9-2)42(52)50-28-33(24-38(50)41(51)49-46(43(53)54)27-32(46)11-4)58-40-25-36(31-19-16-15-17-20-31)47-37-26-39(56-7)30(10-3)23-34(37)40/h8-11,15-17,19-20,23,25-26,32-33,35,38H,1-4,12-14,18,21-22,24,27-29H2,5-7H3,(H,48,55)(H,49,51)(H,53,54)/t32-,33-,35+,38+,46-/m1/s1. The van der Waals surface area contributed by atoms with E-state index >= 15 is 0 Å².